The topological polar surface area (TPSA) is 117 Å². The number of hydrogen-bond acceptors (Lipinski definition) is 8. The molecule has 2 aromatic carbocycles. The summed E-state index contributed by atoms with van der Waals surface area (Å²) in [6.45, 7) is 0. The Balaban J connectivity index is 1.90. The molecule has 0 spiro atoms. The van der Waals surface area contributed by atoms with Crippen LogP contribution in [-0.4, -0.2) is 52.3 Å². The highest BCUT2D eigenvalue weighted by Crippen LogP contribution is 2.42. The summed E-state index contributed by atoms with van der Waals surface area (Å²) >= 11 is 0. The first kappa shape index (κ1) is 27.6. The SMILES string of the molecule is COC(=O)c1ccc(N(C(=O)c2ccco2)[C@@H](C(=O)NC2CCCC2)c2cc(OC)c(OC)c(OC)c2)cc1. The van der Waals surface area contributed by atoms with Gasteiger partial charge in [0.15, 0.2) is 17.3 Å². The molecule has 39 heavy (non-hydrogen) atoms. The minimum absolute atomic E-state index is 0.00990. The van der Waals surface area contributed by atoms with Crippen LogP contribution in [0.25, 0.3) is 0 Å². The molecule has 1 N–H and O–H groups in total. The number of hydrogen-bond donors (Lipinski definition) is 1. The van der Waals surface area contributed by atoms with E-state index in [2.05, 4.69) is 5.32 Å². The molecular formula is C29H32N2O8. The Morgan fingerprint density at radius 3 is 2.08 bits per heavy atom. The van der Waals surface area contributed by atoms with Crippen molar-refractivity contribution < 1.29 is 37.7 Å². The molecule has 0 aliphatic heterocycles. The number of rotatable bonds is 10. The van der Waals surface area contributed by atoms with Gasteiger partial charge in [0.05, 0.1) is 40.3 Å². The summed E-state index contributed by atoms with van der Waals surface area (Å²) in [4.78, 5) is 41.4. The van der Waals surface area contributed by atoms with Crippen LogP contribution >= 0.6 is 0 Å². The number of furan rings is 1. The smallest absolute Gasteiger partial charge is 0.337 e. The summed E-state index contributed by atoms with van der Waals surface area (Å²) in [5.41, 5.74) is 1.09. The van der Waals surface area contributed by atoms with Gasteiger partial charge < -0.3 is 28.7 Å². The van der Waals surface area contributed by atoms with E-state index in [-0.39, 0.29) is 17.7 Å². The second kappa shape index (κ2) is 12.4. The fourth-order valence-corrected chi connectivity index (χ4v) is 4.81. The summed E-state index contributed by atoms with van der Waals surface area (Å²) in [6.07, 6.45) is 5.13. The molecule has 1 heterocycles. The van der Waals surface area contributed by atoms with Gasteiger partial charge in [-0.1, -0.05) is 12.8 Å². The number of nitrogens with zero attached hydrogens (tertiary/aromatic N) is 1. The zero-order valence-electron chi connectivity index (χ0n) is 22.4. The van der Waals surface area contributed by atoms with Gasteiger partial charge >= 0.3 is 5.97 Å². The highest BCUT2D eigenvalue weighted by molar-refractivity contribution is 6.09. The van der Waals surface area contributed by atoms with Crippen molar-refractivity contribution in [1.29, 1.82) is 0 Å². The van der Waals surface area contributed by atoms with E-state index in [1.54, 1.807) is 30.3 Å². The Morgan fingerprint density at radius 1 is 0.923 bits per heavy atom. The molecule has 1 aliphatic carbocycles. The minimum Gasteiger partial charge on any atom is -0.493 e. The second-order valence-corrected chi connectivity index (χ2v) is 9.04. The Bertz CT molecular complexity index is 1270. The molecule has 1 saturated carbocycles. The van der Waals surface area contributed by atoms with Crippen LogP contribution in [0, 0.1) is 0 Å². The van der Waals surface area contributed by atoms with Crippen LogP contribution < -0.4 is 24.4 Å². The van der Waals surface area contributed by atoms with Crippen LogP contribution in [0.15, 0.2) is 59.2 Å². The first-order valence-corrected chi connectivity index (χ1v) is 12.6. The van der Waals surface area contributed by atoms with E-state index in [1.807, 2.05) is 0 Å². The number of carbonyl (C=O) groups is 3. The largest absolute Gasteiger partial charge is 0.493 e. The highest BCUT2D eigenvalue weighted by atomic mass is 16.5. The van der Waals surface area contributed by atoms with Crippen molar-refractivity contribution >= 4 is 23.5 Å². The highest BCUT2D eigenvalue weighted by Gasteiger charge is 2.37. The van der Waals surface area contributed by atoms with Gasteiger partial charge in [-0.25, -0.2) is 4.79 Å². The Labute approximate surface area is 226 Å². The molecule has 0 radical (unpaired) electrons. The van der Waals surface area contributed by atoms with Gasteiger partial charge in [0, 0.05) is 11.7 Å². The molecule has 1 atom stereocenters. The van der Waals surface area contributed by atoms with Gasteiger partial charge in [0.25, 0.3) is 5.91 Å². The number of methoxy groups -OCH3 is 4. The van der Waals surface area contributed by atoms with Crippen molar-refractivity contribution in [2.24, 2.45) is 0 Å². The Hall–Kier alpha value is -4.47. The molecule has 1 aromatic heterocycles. The first-order chi connectivity index (χ1) is 18.9. The lowest BCUT2D eigenvalue weighted by molar-refractivity contribution is -0.123. The van der Waals surface area contributed by atoms with Crippen LogP contribution in [0.4, 0.5) is 5.69 Å². The number of anilines is 1. The maximum atomic E-state index is 14.0. The molecule has 1 fully saturated rings. The van der Waals surface area contributed by atoms with Gasteiger partial charge in [-0.3, -0.25) is 14.5 Å². The third kappa shape index (κ3) is 5.84. The van der Waals surface area contributed by atoms with Gasteiger partial charge in [-0.05, 0) is 66.9 Å². The maximum absolute atomic E-state index is 14.0. The number of esters is 1. The molecule has 206 valence electrons. The standard InChI is InChI=1S/C29H32N2O8/c1-35-23-16-19(17-24(36-2)26(23)37-3)25(27(32)30-20-8-5-6-9-20)31(28(33)22-10-7-15-39-22)21-13-11-18(12-14-21)29(34)38-4/h7,10-17,20,25H,5-6,8-9H2,1-4H3,(H,30,32)/t25-/m1/s1. The molecule has 10 heteroatoms. The summed E-state index contributed by atoms with van der Waals surface area (Å²) < 4.78 is 26.8. The van der Waals surface area contributed by atoms with Crippen molar-refractivity contribution in [2.45, 2.75) is 37.8 Å². The quantitative estimate of drug-likeness (QED) is 0.376. The zero-order valence-corrected chi connectivity index (χ0v) is 22.4. The molecule has 1 aliphatic rings. The predicted molar refractivity (Wildman–Crippen MR) is 143 cm³/mol. The number of carbonyl (C=O) groups excluding carboxylic acids is 3. The predicted octanol–water partition coefficient (Wildman–Crippen LogP) is 4.54. The third-order valence-corrected chi connectivity index (χ3v) is 6.73. The minimum atomic E-state index is -1.15. The van der Waals surface area contributed by atoms with Gasteiger partial charge in [0.2, 0.25) is 11.7 Å². The van der Waals surface area contributed by atoms with Crippen LogP contribution in [0.3, 0.4) is 0 Å². The van der Waals surface area contributed by atoms with E-state index in [4.69, 9.17) is 23.4 Å². The average Bonchev–Trinajstić information content (AvgIpc) is 3.69. The lowest BCUT2D eigenvalue weighted by atomic mass is 10.00. The third-order valence-electron chi connectivity index (χ3n) is 6.73. The van der Waals surface area contributed by atoms with E-state index in [0.717, 1.165) is 25.7 Å². The summed E-state index contributed by atoms with van der Waals surface area (Å²) in [5.74, 6) is -0.401. The van der Waals surface area contributed by atoms with Crippen molar-refractivity contribution in [3.8, 4) is 17.2 Å². The lowest BCUT2D eigenvalue weighted by Crippen LogP contribution is -2.46. The molecular weight excluding hydrogens is 504 g/mol. The molecule has 2 amide bonds. The molecule has 4 rings (SSSR count). The van der Waals surface area contributed by atoms with Crippen molar-refractivity contribution in [1.82, 2.24) is 5.32 Å². The summed E-state index contributed by atoms with van der Waals surface area (Å²) in [7, 11) is 5.73. The number of amides is 2. The van der Waals surface area contributed by atoms with E-state index in [9.17, 15) is 14.4 Å². The van der Waals surface area contributed by atoms with Crippen LogP contribution in [-0.2, 0) is 9.53 Å². The first-order valence-electron chi connectivity index (χ1n) is 12.6. The summed E-state index contributed by atoms with van der Waals surface area (Å²) in [6, 6.07) is 11.5. The van der Waals surface area contributed by atoms with Crippen molar-refractivity contribution in [3.05, 3.63) is 71.7 Å². The number of nitrogens with one attached hydrogen (secondary N) is 1. The van der Waals surface area contributed by atoms with Crippen LogP contribution in [0.2, 0.25) is 0 Å². The fourth-order valence-electron chi connectivity index (χ4n) is 4.81. The second-order valence-electron chi connectivity index (χ2n) is 9.04. The van der Waals surface area contributed by atoms with E-state index in [0.29, 0.717) is 34.1 Å². The van der Waals surface area contributed by atoms with Gasteiger partial charge in [0.1, 0.15) is 6.04 Å². The van der Waals surface area contributed by atoms with E-state index >= 15 is 0 Å². The van der Waals surface area contributed by atoms with Crippen molar-refractivity contribution in [2.75, 3.05) is 33.3 Å². The fraction of sp³-hybridized carbons (Fsp3) is 0.345. The van der Waals surface area contributed by atoms with E-state index in [1.165, 1.54) is 57.8 Å². The Kier molecular flexibility index (Phi) is 8.75. The average molecular weight is 537 g/mol. The van der Waals surface area contributed by atoms with Crippen LogP contribution in [0.1, 0.15) is 58.2 Å². The molecule has 0 bridgehead atoms. The summed E-state index contributed by atoms with van der Waals surface area (Å²) in [5, 5.41) is 3.12. The zero-order chi connectivity index (χ0) is 27.9. The monoisotopic (exact) mass is 536 g/mol. The molecule has 10 nitrogen and oxygen atoms in total. The van der Waals surface area contributed by atoms with E-state index < -0.39 is 17.9 Å². The van der Waals surface area contributed by atoms with Crippen LogP contribution in [0.5, 0.6) is 17.2 Å². The molecule has 0 unspecified atom stereocenters. The molecule has 3 aromatic rings. The maximum Gasteiger partial charge on any atom is 0.337 e. The number of ether oxygens (including phenoxy) is 4. The molecule has 0 saturated heterocycles. The number of benzene rings is 2. The van der Waals surface area contributed by atoms with Gasteiger partial charge in [-0.2, -0.15) is 0 Å². The van der Waals surface area contributed by atoms with Gasteiger partial charge in [-0.15, -0.1) is 0 Å². The normalized spacial score (nSPS) is 13.8. The Morgan fingerprint density at radius 2 is 1.56 bits per heavy atom. The lowest BCUT2D eigenvalue weighted by Gasteiger charge is -2.32. The van der Waals surface area contributed by atoms with Crippen molar-refractivity contribution in [3.63, 3.8) is 0 Å².